The summed E-state index contributed by atoms with van der Waals surface area (Å²) in [5.74, 6) is -0.437. The molecule has 78 valence electrons. The van der Waals surface area contributed by atoms with Gasteiger partial charge in [0.25, 0.3) is 0 Å². The minimum Gasteiger partial charge on any atom is -0.508 e. The molecule has 3 N–H and O–H groups in total. The number of aromatic nitrogens is 3. The van der Waals surface area contributed by atoms with E-state index in [-0.39, 0.29) is 17.2 Å². The molecule has 0 bridgehead atoms. The largest absolute Gasteiger partial charge is 0.508 e. The molecular formula is C9H9N3O3. The van der Waals surface area contributed by atoms with E-state index in [1.165, 1.54) is 0 Å². The Hall–Kier alpha value is -2.37. The summed E-state index contributed by atoms with van der Waals surface area (Å²) >= 11 is 0. The van der Waals surface area contributed by atoms with Gasteiger partial charge in [0.05, 0.1) is 12.4 Å². The van der Waals surface area contributed by atoms with E-state index in [0.29, 0.717) is 0 Å². The van der Waals surface area contributed by atoms with E-state index >= 15 is 0 Å². The van der Waals surface area contributed by atoms with Crippen LogP contribution in [0.4, 0.5) is 0 Å². The molecule has 0 atom stereocenters. The van der Waals surface area contributed by atoms with Crippen LogP contribution in [0.25, 0.3) is 0 Å². The molecule has 1 aromatic carbocycles. The highest BCUT2D eigenvalue weighted by atomic mass is 16.3. The van der Waals surface area contributed by atoms with Crippen molar-refractivity contribution in [2.75, 3.05) is 0 Å². The molecule has 0 saturated carbocycles. The van der Waals surface area contributed by atoms with Crippen LogP contribution in [0.1, 0.15) is 0 Å². The third-order valence-corrected chi connectivity index (χ3v) is 1.30. The summed E-state index contributed by atoms with van der Waals surface area (Å²) in [7, 11) is 0. The maximum Gasteiger partial charge on any atom is 0.122 e. The minimum atomic E-state index is -0.146. The van der Waals surface area contributed by atoms with Crippen molar-refractivity contribution in [3.05, 3.63) is 36.7 Å². The van der Waals surface area contributed by atoms with Crippen molar-refractivity contribution in [3.63, 3.8) is 0 Å². The molecule has 6 heteroatoms. The number of hydrogen-bond acceptors (Lipinski definition) is 6. The predicted molar refractivity (Wildman–Crippen MR) is 51.3 cm³/mol. The Morgan fingerprint density at radius 2 is 1.13 bits per heavy atom. The summed E-state index contributed by atoms with van der Waals surface area (Å²) in [6, 6.07) is 5.13. The van der Waals surface area contributed by atoms with Crippen LogP contribution in [0.3, 0.4) is 0 Å². The van der Waals surface area contributed by atoms with Gasteiger partial charge < -0.3 is 15.3 Å². The molecule has 1 aromatic heterocycles. The molecule has 0 spiro atoms. The Balaban J connectivity index is 0.000000162. The zero-order valence-electron chi connectivity index (χ0n) is 7.65. The van der Waals surface area contributed by atoms with Crippen molar-refractivity contribution in [2.45, 2.75) is 0 Å². The number of nitrogens with zero attached hydrogens (tertiary/aromatic N) is 3. The monoisotopic (exact) mass is 207 g/mol. The first-order valence-electron chi connectivity index (χ1n) is 3.99. The van der Waals surface area contributed by atoms with Crippen LogP contribution in [-0.2, 0) is 0 Å². The summed E-state index contributed by atoms with van der Waals surface area (Å²) in [5, 5.41) is 36.2. The Labute approximate surface area is 85.5 Å². The smallest absolute Gasteiger partial charge is 0.122 e. The Morgan fingerprint density at radius 3 is 1.33 bits per heavy atom. The standard InChI is InChI=1S/C6H6O3.C3H3N3/c7-4-1-5(8)3-6(9)2-4;1-2-4-6-5-3-1/h1-3,7-9H;1-3H. The number of hydrogen-bond donors (Lipinski definition) is 3. The van der Waals surface area contributed by atoms with E-state index in [1.54, 1.807) is 18.5 Å². The Morgan fingerprint density at radius 1 is 0.733 bits per heavy atom. The maximum absolute atomic E-state index is 8.67. The van der Waals surface area contributed by atoms with Gasteiger partial charge in [-0.3, -0.25) is 0 Å². The van der Waals surface area contributed by atoms with Gasteiger partial charge in [0, 0.05) is 18.2 Å². The SMILES string of the molecule is Oc1cc(O)cc(O)c1.c1cnnnc1. The third kappa shape index (κ3) is 4.41. The Bertz CT molecular complexity index is 331. The molecule has 0 unspecified atom stereocenters. The molecule has 1 heterocycles. The summed E-state index contributed by atoms with van der Waals surface area (Å²) in [5.41, 5.74) is 0. The zero-order chi connectivity index (χ0) is 11.1. The fraction of sp³-hybridized carbons (Fsp3) is 0. The summed E-state index contributed by atoms with van der Waals surface area (Å²) in [6.07, 6.45) is 3.15. The van der Waals surface area contributed by atoms with Gasteiger partial charge in [-0.25, -0.2) is 0 Å². The van der Waals surface area contributed by atoms with E-state index in [1.807, 2.05) is 0 Å². The lowest BCUT2D eigenvalue weighted by atomic mass is 10.3. The first-order valence-corrected chi connectivity index (χ1v) is 3.99. The van der Waals surface area contributed by atoms with Crippen LogP contribution in [0.2, 0.25) is 0 Å². The first kappa shape index (κ1) is 10.7. The number of phenolic OH excluding ortho intramolecular Hbond substituents is 3. The van der Waals surface area contributed by atoms with E-state index in [4.69, 9.17) is 15.3 Å². The molecule has 0 aliphatic rings. The molecule has 0 saturated heterocycles. The van der Waals surface area contributed by atoms with E-state index in [9.17, 15) is 0 Å². The number of rotatable bonds is 0. The normalized spacial score (nSPS) is 8.80. The van der Waals surface area contributed by atoms with Gasteiger partial charge in [-0.2, -0.15) is 0 Å². The fourth-order valence-electron chi connectivity index (χ4n) is 0.784. The van der Waals surface area contributed by atoms with Crippen LogP contribution < -0.4 is 0 Å². The molecule has 2 rings (SSSR count). The van der Waals surface area contributed by atoms with Crippen LogP contribution in [-0.4, -0.2) is 30.7 Å². The highest BCUT2D eigenvalue weighted by molar-refractivity contribution is 5.39. The quantitative estimate of drug-likeness (QED) is 0.587. The van der Waals surface area contributed by atoms with Crippen LogP contribution in [0.15, 0.2) is 36.7 Å². The number of aromatic hydroxyl groups is 3. The topological polar surface area (TPSA) is 99.4 Å². The molecule has 0 amide bonds. The van der Waals surface area contributed by atoms with E-state index in [2.05, 4.69) is 15.4 Å². The first-order chi connectivity index (χ1) is 7.18. The molecule has 15 heavy (non-hydrogen) atoms. The zero-order valence-corrected chi connectivity index (χ0v) is 7.65. The van der Waals surface area contributed by atoms with Crippen molar-refractivity contribution < 1.29 is 15.3 Å². The average molecular weight is 207 g/mol. The second-order valence-electron chi connectivity index (χ2n) is 2.52. The van der Waals surface area contributed by atoms with Gasteiger partial charge in [0.15, 0.2) is 0 Å². The highest BCUT2D eigenvalue weighted by Gasteiger charge is 1.94. The number of benzene rings is 1. The molecular weight excluding hydrogens is 198 g/mol. The third-order valence-electron chi connectivity index (χ3n) is 1.30. The summed E-state index contributed by atoms with van der Waals surface area (Å²) in [6.45, 7) is 0. The van der Waals surface area contributed by atoms with Gasteiger partial charge in [0.1, 0.15) is 17.2 Å². The van der Waals surface area contributed by atoms with Gasteiger partial charge in [-0.15, -0.1) is 10.2 Å². The molecule has 0 aliphatic carbocycles. The lowest BCUT2D eigenvalue weighted by molar-refractivity contribution is 0.428. The summed E-state index contributed by atoms with van der Waals surface area (Å²) < 4.78 is 0. The molecule has 0 fully saturated rings. The van der Waals surface area contributed by atoms with Crippen LogP contribution >= 0.6 is 0 Å². The predicted octanol–water partition coefficient (Wildman–Crippen LogP) is 0.675. The lowest BCUT2D eigenvalue weighted by Crippen LogP contribution is -1.78. The summed E-state index contributed by atoms with van der Waals surface area (Å²) in [4.78, 5) is 0. The second-order valence-corrected chi connectivity index (χ2v) is 2.52. The fourth-order valence-corrected chi connectivity index (χ4v) is 0.784. The van der Waals surface area contributed by atoms with Crippen LogP contribution in [0.5, 0.6) is 17.2 Å². The van der Waals surface area contributed by atoms with E-state index in [0.717, 1.165) is 18.2 Å². The molecule has 6 nitrogen and oxygen atoms in total. The van der Waals surface area contributed by atoms with Crippen LogP contribution in [0, 0.1) is 0 Å². The Kier molecular flexibility index (Phi) is 3.84. The van der Waals surface area contributed by atoms with Crippen molar-refractivity contribution in [1.82, 2.24) is 15.4 Å². The van der Waals surface area contributed by atoms with Gasteiger partial charge in [-0.05, 0) is 11.3 Å². The lowest BCUT2D eigenvalue weighted by Gasteiger charge is -1.94. The van der Waals surface area contributed by atoms with E-state index < -0.39 is 0 Å². The molecule has 0 aliphatic heterocycles. The van der Waals surface area contributed by atoms with Crippen molar-refractivity contribution in [1.29, 1.82) is 0 Å². The highest BCUT2D eigenvalue weighted by Crippen LogP contribution is 2.23. The van der Waals surface area contributed by atoms with Crippen molar-refractivity contribution in [2.24, 2.45) is 0 Å². The molecule has 2 aromatic rings. The van der Waals surface area contributed by atoms with Gasteiger partial charge in [-0.1, -0.05) is 0 Å². The van der Waals surface area contributed by atoms with Crippen molar-refractivity contribution in [3.8, 4) is 17.2 Å². The molecule has 0 radical (unpaired) electrons. The van der Waals surface area contributed by atoms with Gasteiger partial charge >= 0.3 is 0 Å². The maximum atomic E-state index is 8.67. The minimum absolute atomic E-state index is 0.146. The van der Waals surface area contributed by atoms with Gasteiger partial charge in [0.2, 0.25) is 0 Å². The average Bonchev–Trinajstić information content (AvgIpc) is 2.19. The van der Waals surface area contributed by atoms with Crippen molar-refractivity contribution >= 4 is 0 Å². The number of phenols is 3. The second kappa shape index (κ2) is 5.38.